The van der Waals surface area contributed by atoms with Crippen molar-refractivity contribution in [2.24, 2.45) is 0 Å². The quantitative estimate of drug-likeness (QED) is 0.437. The topological polar surface area (TPSA) is 0 Å². The summed E-state index contributed by atoms with van der Waals surface area (Å²) in [5.41, 5.74) is 0. The lowest BCUT2D eigenvalue weighted by atomic mass is 10.1. The van der Waals surface area contributed by atoms with E-state index in [4.69, 9.17) is 0 Å². The Labute approximate surface area is 63.6 Å². The zero-order valence-corrected chi connectivity index (χ0v) is 6.34. The highest BCUT2D eigenvalue weighted by Crippen LogP contribution is 2.33. The van der Waals surface area contributed by atoms with E-state index in [9.17, 15) is 17.6 Å². The van der Waals surface area contributed by atoms with E-state index in [1.807, 2.05) is 6.92 Å². The Kier molecular flexibility index (Phi) is 4.45. The minimum Gasteiger partial charge on any atom is -0.200 e. The first-order chi connectivity index (χ1) is 5.00. The first-order valence-electron chi connectivity index (χ1n) is 3.57. The third kappa shape index (κ3) is 4.22. The average Bonchev–Trinajstić information content (AvgIpc) is 1.88. The van der Waals surface area contributed by atoms with Crippen LogP contribution in [0.1, 0.15) is 32.6 Å². The molecule has 0 fully saturated rings. The first-order valence-corrected chi connectivity index (χ1v) is 3.57. The lowest BCUT2D eigenvalue weighted by Gasteiger charge is -2.12. The molecule has 67 valence electrons. The van der Waals surface area contributed by atoms with E-state index in [2.05, 4.69) is 0 Å². The molecule has 0 aliphatic carbocycles. The number of hydrogen-bond acceptors (Lipinski definition) is 0. The summed E-state index contributed by atoms with van der Waals surface area (Å²) in [5, 5.41) is 0. The first kappa shape index (κ1) is 10.7. The molecule has 0 N–H and O–H groups in total. The summed E-state index contributed by atoms with van der Waals surface area (Å²) in [4.78, 5) is 0. The van der Waals surface area contributed by atoms with Crippen molar-refractivity contribution in [1.29, 1.82) is 0 Å². The summed E-state index contributed by atoms with van der Waals surface area (Å²) in [6, 6.07) is 0. The van der Waals surface area contributed by atoms with Crippen LogP contribution in [0.4, 0.5) is 17.6 Å². The van der Waals surface area contributed by atoms with Crippen LogP contribution in [0.15, 0.2) is 0 Å². The largest absolute Gasteiger partial charge is 0.378 e. The number of alkyl halides is 2. The fraction of sp³-hybridized carbons (Fsp3) is 0.857. The van der Waals surface area contributed by atoms with E-state index < -0.39 is 18.8 Å². The molecular weight excluding hydrogens is 160 g/mol. The predicted octanol–water partition coefficient (Wildman–Crippen LogP) is 3.63. The standard InChI is InChI=1S/C7H11F4/c1-2-3-4-5-7(10,11)6(8)9/h2-5H2,1H3. The summed E-state index contributed by atoms with van der Waals surface area (Å²) in [6.45, 7) is 1.83. The van der Waals surface area contributed by atoms with Gasteiger partial charge >= 0.3 is 12.3 Å². The zero-order chi connectivity index (χ0) is 8.91. The molecule has 0 saturated carbocycles. The summed E-state index contributed by atoms with van der Waals surface area (Å²) < 4.78 is 47.0. The Morgan fingerprint density at radius 1 is 1.18 bits per heavy atom. The number of rotatable bonds is 5. The van der Waals surface area contributed by atoms with Gasteiger partial charge in [0.15, 0.2) is 0 Å². The van der Waals surface area contributed by atoms with E-state index in [1.54, 1.807) is 0 Å². The second-order valence-corrected chi connectivity index (χ2v) is 2.42. The van der Waals surface area contributed by atoms with E-state index in [-0.39, 0.29) is 6.42 Å². The minimum absolute atomic E-state index is 0.154. The molecule has 0 aliphatic rings. The van der Waals surface area contributed by atoms with Gasteiger partial charge in [0.2, 0.25) is 0 Å². The van der Waals surface area contributed by atoms with Crippen LogP contribution >= 0.6 is 0 Å². The highest BCUT2D eigenvalue weighted by atomic mass is 19.3. The summed E-state index contributed by atoms with van der Waals surface area (Å²) in [6.07, 6.45) is -2.02. The summed E-state index contributed by atoms with van der Waals surface area (Å²) in [5.74, 6) is -3.87. The molecule has 0 amide bonds. The second-order valence-electron chi connectivity index (χ2n) is 2.42. The van der Waals surface area contributed by atoms with Gasteiger partial charge in [0.05, 0.1) is 0 Å². The molecule has 1 radical (unpaired) electrons. The van der Waals surface area contributed by atoms with Crippen LogP contribution in [0.3, 0.4) is 0 Å². The fourth-order valence-electron chi connectivity index (χ4n) is 0.692. The van der Waals surface area contributed by atoms with Crippen molar-refractivity contribution in [1.82, 2.24) is 0 Å². The third-order valence-electron chi connectivity index (χ3n) is 1.37. The molecule has 11 heavy (non-hydrogen) atoms. The van der Waals surface area contributed by atoms with Crippen LogP contribution in [0.25, 0.3) is 0 Å². The van der Waals surface area contributed by atoms with E-state index >= 15 is 0 Å². The Balaban J connectivity index is 3.55. The van der Waals surface area contributed by atoms with Crippen LogP contribution in [-0.2, 0) is 0 Å². The van der Waals surface area contributed by atoms with Crippen molar-refractivity contribution in [2.45, 2.75) is 38.5 Å². The van der Waals surface area contributed by atoms with E-state index in [0.29, 0.717) is 6.42 Å². The van der Waals surface area contributed by atoms with Gasteiger partial charge < -0.3 is 0 Å². The average molecular weight is 171 g/mol. The molecular formula is C7H11F4. The van der Waals surface area contributed by atoms with E-state index in [1.165, 1.54) is 0 Å². The van der Waals surface area contributed by atoms with Crippen LogP contribution < -0.4 is 0 Å². The molecule has 0 aromatic carbocycles. The molecule has 0 aromatic rings. The Bertz CT molecular complexity index is 101. The van der Waals surface area contributed by atoms with Crippen molar-refractivity contribution >= 4 is 0 Å². The lowest BCUT2D eigenvalue weighted by Crippen LogP contribution is -2.19. The van der Waals surface area contributed by atoms with Crippen molar-refractivity contribution in [3.8, 4) is 0 Å². The summed E-state index contributed by atoms with van der Waals surface area (Å²) >= 11 is 0. The normalized spacial score (nSPS) is 12.5. The molecule has 0 unspecified atom stereocenters. The molecule has 0 atom stereocenters. The molecule has 0 rings (SSSR count). The molecule has 0 bridgehead atoms. The highest BCUT2D eigenvalue weighted by Gasteiger charge is 2.41. The van der Waals surface area contributed by atoms with Crippen LogP contribution in [0, 0.1) is 6.43 Å². The van der Waals surface area contributed by atoms with Gasteiger partial charge in [-0.1, -0.05) is 19.8 Å². The van der Waals surface area contributed by atoms with Gasteiger partial charge in [0, 0.05) is 6.42 Å². The van der Waals surface area contributed by atoms with Gasteiger partial charge in [-0.3, -0.25) is 0 Å². The van der Waals surface area contributed by atoms with Crippen molar-refractivity contribution in [3.63, 3.8) is 0 Å². The van der Waals surface area contributed by atoms with Crippen molar-refractivity contribution in [2.75, 3.05) is 0 Å². The number of halogens is 4. The number of unbranched alkanes of at least 4 members (excludes halogenated alkanes) is 2. The third-order valence-corrected chi connectivity index (χ3v) is 1.37. The van der Waals surface area contributed by atoms with Crippen LogP contribution in [-0.4, -0.2) is 5.92 Å². The number of hydrogen-bond donors (Lipinski definition) is 0. The van der Waals surface area contributed by atoms with E-state index in [0.717, 1.165) is 6.42 Å². The SMILES string of the molecule is CCCCCC(F)(F)[C](F)F. The molecule has 0 nitrogen and oxygen atoms in total. The molecule has 0 heterocycles. The maximum atomic E-state index is 12.1. The minimum atomic E-state index is -3.87. The Morgan fingerprint density at radius 2 is 1.73 bits per heavy atom. The van der Waals surface area contributed by atoms with Gasteiger partial charge in [-0.25, -0.2) is 0 Å². The maximum absolute atomic E-state index is 12.1. The monoisotopic (exact) mass is 171 g/mol. The van der Waals surface area contributed by atoms with Gasteiger partial charge in [-0.15, -0.1) is 0 Å². The van der Waals surface area contributed by atoms with Crippen molar-refractivity contribution in [3.05, 3.63) is 6.43 Å². The van der Waals surface area contributed by atoms with Gasteiger partial charge in [-0.2, -0.15) is 17.6 Å². The van der Waals surface area contributed by atoms with Crippen LogP contribution in [0.5, 0.6) is 0 Å². The maximum Gasteiger partial charge on any atom is 0.378 e. The zero-order valence-electron chi connectivity index (χ0n) is 6.34. The second kappa shape index (κ2) is 4.57. The molecule has 4 heteroatoms. The molecule has 0 aliphatic heterocycles. The predicted molar refractivity (Wildman–Crippen MR) is 34.5 cm³/mol. The van der Waals surface area contributed by atoms with Gasteiger partial charge in [0.1, 0.15) is 0 Å². The molecule has 0 saturated heterocycles. The lowest BCUT2D eigenvalue weighted by molar-refractivity contribution is -0.0670. The smallest absolute Gasteiger partial charge is 0.200 e. The molecule has 0 spiro atoms. The van der Waals surface area contributed by atoms with Crippen LogP contribution in [0.2, 0.25) is 0 Å². The van der Waals surface area contributed by atoms with Gasteiger partial charge in [-0.05, 0) is 6.42 Å². The van der Waals surface area contributed by atoms with Crippen molar-refractivity contribution < 1.29 is 17.6 Å². The fourth-order valence-corrected chi connectivity index (χ4v) is 0.692. The Morgan fingerprint density at radius 3 is 2.09 bits per heavy atom. The summed E-state index contributed by atoms with van der Waals surface area (Å²) in [7, 11) is 0. The highest BCUT2D eigenvalue weighted by molar-refractivity contribution is 4.82. The Hall–Kier alpha value is -0.280. The van der Waals surface area contributed by atoms with Gasteiger partial charge in [0.25, 0.3) is 0 Å². The molecule has 0 aromatic heterocycles.